The standard InChI is InChI=1S/C24H29N3O5/c1-4-25-22(28)17-6-5-7-19(12-17)26-23(29)16-8-10-27(11-9-16)24(30)18-13-20(31-2)15-21(14-18)32-3/h5-7,12-16H,4,8-11H2,1-3H3,(H,25,28)(H,26,29). The van der Waals surface area contributed by atoms with Crippen LogP contribution in [0.3, 0.4) is 0 Å². The third-order valence-corrected chi connectivity index (χ3v) is 5.48. The number of anilines is 1. The second kappa shape index (κ2) is 10.7. The summed E-state index contributed by atoms with van der Waals surface area (Å²) in [4.78, 5) is 39.4. The Morgan fingerprint density at radius 3 is 2.22 bits per heavy atom. The molecule has 2 aromatic carbocycles. The minimum atomic E-state index is -0.202. The van der Waals surface area contributed by atoms with Crippen LogP contribution in [-0.4, -0.2) is 56.5 Å². The van der Waals surface area contributed by atoms with Gasteiger partial charge in [0.1, 0.15) is 11.5 Å². The van der Waals surface area contributed by atoms with Crippen molar-refractivity contribution in [1.82, 2.24) is 10.2 Å². The zero-order valence-electron chi connectivity index (χ0n) is 18.6. The van der Waals surface area contributed by atoms with Crippen LogP contribution in [0, 0.1) is 5.92 Å². The van der Waals surface area contributed by atoms with Crippen molar-refractivity contribution < 1.29 is 23.9 Å². The van der Waals surface area contributed by atoms with Crippen molar-refractivity contribution in [2.45, 2.75) is 19.8 Å². The number of carbonyl (C=O) groups is 3. The molecule has 0 aromatic heterocycles. The van der Waals surface area contributed by atoms with Crippen LogP contribution in [-0.2, 0) is 4.79 Å². The third-order valence-electron chi connectivity index (χ3n) is 5.48. The van der Waals surface area contributed by atoms with E-state index in [1.54, 1.807) is 61.6 Å². The maximum absolute atomic E-state index is 12.9. The van der Waals surface area contributed by atoms with Gasteiger partial charge in [-0.25, -0.2) is 0 Å². The molecule has 0 bridgehead atoms. The normalized spacial score (nSPS) is 13.9. The SMILES string of the molecule is CCNC(=O)c1cccc(NC(=O)C2CCN(C(=O)c3cc(OC)cc(OC)c3)CC2)c1. The van der Waals surface area contributed by atoms with E-state index in [9.17, 15) is 14.4 Å². The number of methoxy groups -OCH3 is 2. The molecule has 1 aliphatic rings. The first-order chi connectivity index (χ1) is 15.4. The van der Waals surface area contributed by atoms with Crippen molar-refractivity contribution in [2.75, 3.05) is 39.2 Å². The van der Waals surface area contributed by atoms with Crippen LogP contribution in [0.2, 0.25) is 0 Å². The maximum atomic E-state index is 12.9. The number of benzene rings is 2. The van der Waals surface area contributed by atoms with E-state index in [0.717, 1.165) is 0 Å². The van der Waals surface area contributed by atoms with Gasteiger partial charge < -0.3 is 25.0 Å². The summed E-state index contributed by atoms with van der Waals surface area (Å²) in [6.07, 6.45) is 1.13. The highest BCUT2D eigenvalue weighted by Gasteiger charge is 2.28. The molecule has 0 saturated carbocycles. The number of likely N-dealkylation sites (tertiary alicyclic amines) is 1. The van der Waals surface area contributed by atoms with Crippen molar-refractivity contribution in [3.63, 3.8) is 0 Å². The summed E-state index contributed by atoms with van der Waals surface area (Å²) in [7, 11) is 3.08. The summed E-state index contributed by atoms with van der Waals surface area (Å²) in [6, 6.07) is 12.0. The van der Waals surface area contributed by atoms with Crippen LogP contribution < -0.4 is 20.1 Å². The van der Waals surface area contributed by atoms with Crippen LogP contribution in [0.5, 0.6) is 11.5 Å². The van der Waals surface area contributed by atoms with Crippen molar-refractivity contribution in [2.24, 2.45) is 5.92 Å². The Balaban J connectivity index is 1.59. The molecule has 0 radical (unpaired) electrons. The van der Waals surface area contributed by atoms with E-state index >= 15 is 0 Å². The zero-order valence-corrected chi connectivity index (χ0v) is 18.6. The average molecular weight is 440 g/mol. The highest BCUT2D eigenvalue weighted by atomic mass is 16.5. The summed E-state index contributed by atoms with van der Waals surface area (Å²) in [5.74, 6) is 0.508. The summed E-state index contributed by atoms with van der Waals surface area (Å²) in [5, 5.41) is 5.64. The molecule has 3 amide bonds. The van der Waals surface area contributed by atoms with Gasteiger partial charge in [0.05, 0.1) is 14.2 Å². The number of hydrogen-bond donors (Lipinski definition) is 2. The minimum absolute atomic E-state index is 0.104. The highest BCUT2D eigenvalue weighted by molar-refractivity contribution is 5.98. The lowest BCUT2D eigenvalue weighted by Crippen LogP contribution is -2.41. The van der Waals surface area contributed by atoms with Crippen LogP contribution in [0.25, 0.3) is 0 Å². The number of nitrogens with zero attached hydrogens (tertiary/aromatic N) is 1. The molecule has 0 spiro atoms. The molecule has 8 nitrogen and oxygen atoms in total. The molecule has 0 atom stereocenters. The second-order valence-electron chi connectivity index (χ2n) is 7.60. The molecule has 1 aliphatic heterocycles. The van der Waals surface area contributed by atoms with Crippen LogP contribution in [0.15, 0.2) is 42.5 Å². The largest absolute Gasteiger partial charge is 0.497 e. The van der Waals surface area contributed by atoms with Crippen LogP contribution in [0.4, 0.5) is 5.69 Å². The first-order valence-electron chi connectivity index (χ1n) is 10.7. The fourth-order valence-electron chi connectivity index (χ4n) is 3.70. The number of rotatable bonds is 7. The van der Waals surface area contributed by atoms with Crippen LogP contribution in [0.1, 0.15) is 40.5 Å². The summed E-state index contributed by atoms with van der Waals surface area (Å²) in [5.41, 5.74) is 1.57. The van der Waals surface area contributed by atoms with Gasteiger partial charge in [0.25, 0.3) is 11.8 Å². The molecule has 2 N–H and O–H groups in total. The summed E-state index contributed by atoms with van der Waals surface area (Å²) >= 11 is 0. The molecule has 0 aliphatic carbocycles. The van der Waals surface area contributed by atoms with E-state index in [1.165, 1.54) is 0 Å². The first-order valence-corrected chi connectivity index (χ1v) is 10.7. The minimum Gasteiger partial charge on any atom is -0.497 e. The zero-order chi connectivity index (χ0) is 23.1. The van der Waals surface area contributed by atoms with Gasteiger partial charge in [-0.3, -0.25) is 14.4 Å². The Bertz CT molecular complexity index is 961. The van der Waals surface area contributed by atoms with Crippen LogP contribution >= 0.6 is 0 Å². The Kier molecular flexibility index (Phi) is 7.70. The molecule has 1 saturated heterocycles. The fourth-order valence-corrected chi connectivity index (χ4v) is 3.70. The lowest BCUT2D eigenvalue weighted by molar-refractivity contribution is -0.121. The lowest BCUT2D eigenvalue weighted by Gasteiger charge is -2.31. The number of nitrogens with one attached hydrogen (secondary N) is 2. The Morgan fingerprint density at radius 1 is 0.969 bits per heavy atom. The van der Waals surface area contributed by atoms with E-state index in [4.69, 9.17) is 9.47 Å². The van der Waals surface area contributed by atoms with Gasteiger partial charge in [-0.1, -0.05) is 6.07 Å². The molecule has 2 aromatic rings. The Labute approximate surface area is 187 Å². The number of amides is 3. The topological polar surface area (TPSA) is 97.0 Å². The molecule has 0 unspecified atom stereocenters. The van der Waals surface area contributed by atoms with Crippen molar-refractivity contribution in [1.29, 1.82) is 0 Å². The molecular formula is C24H29N3O5. The maximum Gasteiger partial charge on any atom is 0.254 e. The lowest BCUT2D eigenvalue weighted by atomic mass is 9.95. The fraction of sp³-hybridized carbons (Fsp3) is 0.375. The van der Waals surface area contributed by atoms with Gasteiger partial charge in [0.15, 0.2) is 0 Å². The highest BCUT2D eigenvalue weighted by Crippen LogP contribution is 2.26. The molecule has 3 rings (SSSR count). The predicted octanol–water partition coefficient (Wildman–Crippen LogP) is 2.94. The molecule has 8 heteroatoms. The number of ether oxygens (including phenoxy) is 2. The van der Waals surface area contributed by atoms with Gasteiger partial charge in [0.2, 0.25) is 5.91 Å². The van der Waals surface area contributed by atoms with Gasteiger partial charge in [-0.15, -0.1) is 0 Å². The van der Waals surface area contributed by atoms with E-state index in [1.807, 2.05) is 6.92 Å². The predicted molar refractivity (Wildman–Crippen MR) is 121 cm³/mol. The second-order valence-corrected chi connectivity index (χ2v) is 7.60. The number of hydrogen-bond acceptors (Lipinski definition) is 5. The first kappa shape index (κ1) is 23.1. The van der Waals surface area contributed by atoms with Gasteiger partial charge in [0, 0.05) is 48.4 Å². The molecule has 1 fully saturated rings. The monoisotopic (exact) mass is 439 g/mol. The third kappa shape index (κ3) is 5.57. The molecule has 170 valence electrons. The molecular weight excluding hydrogens is 410 g/mol. The van der Waals surface area contributed by atoms with E-state index in [0.29, 0.717) is 60.8 Å². The molecule has 32 heavy (non-hydrogen) atoms. The number of carbonyl (C=O) groups excluding carboxylic acids is 3. The molecule has 1 heterocycles. The van der Waals surface area contributed by atoms with E-state index in [-0.39, 0.29) is 23.6 Å². The Morgan fingerprint density at radius 2 is 1.62 bits per heavy atom. The van der Waals surface area contributed by atoms with Crippen molar-refractivity contribution in [3.05, 3.63) is 53.6 Å². The summed E-state index contributed by atoms with van der Waals surface area (Å²) < 4.78 is 10.5. The van der Waals surface area contributed by atoms with Crippen molar-refractivity contribution >= 4 is 23.4 Å². The van der Waals surface area contributed by atoms with Gasteiger partial charge in [-0.05, 0) is 50.1 Å². The smallest absolute Gasteiger partial charge is 0.254 e. The quantitative estimate of drug-likeness (QED) is 0.691. The summed E-state index contributed by atoms with van der Waals surface area (Å²) in [6.45, 7) is 3.35. The van der Waals surface area contributed by atoms with Crippen molar-refractivity contribution in [3.8, 4) is 11.5 Å². The van der Waals surface area contributed by atoms with Gasteiger partial charge in [-0.2, -0.15) is 0 Å². The van der Waals surface area contributed by atoms with E-state index < -0.39 is 0 Å². The average Bonchev–Trinajstić information content (AvgIpc) is 2.83. The Hall–Kier alpha value is -3.55. The number of piperidine rings is 1. The van der Waals surface area contributed by atoms with Gasteiger partial charge >= 0.3 is 0 Å². The van der Waals surface area contributed by atoms with E-state index in [2.05, 4.69) is 10.6 Å².